The van der Waals surface area contributed by atoms with Gasteiger partial charge in [0.05, 0.1) is 17.2 Å². The molecule has 3 unspecified atom stereocenters. The Morgan fingerprint density at radius 3 is 2.45 bits per heavy atom. The van der Waals surface area contributed by atoms with Gasteiger partial charge in [0.25, 0.3) is 11.8 Å². The Morgan fingerprint density at radius 1 is 1.03 bits per heavy atom. The monoisotopic (exact) mass is 460 g/mol. The Hall–Kier alpha value is -2.26. The second-order valence-corrected chi connectivity index (χ2v) is 7.73. The number of halogens is 1. The third kappa shape index (κ3) is 3.81. The highest BCUT2D eigenvalue weighted by Gasteiger charge is 2.45. The summed E-state index contributed by atoms with van der Waals surface area (Å²) in [6.07, 6.45) is -1.38. The molecule has 2 heterocycles. The van der Waals surface area contributed by atoms with Gasteiger partial charge in [-0.1, -0.05) is 46.3 Å². The highest BCUT2D eigenvalue weighted by atomic mass is 79.9. The Labute approximate surface area is 176 Å². The molecule has 0 aliphatic carbocycles. The lowest BCUT2D eigenvalue weighted by Crippen LogP contribution is -2.58. The van der Waals surface area contributed by atoms with E-state index in [9.17, 15) is 19.8 Å². The van der Waals surface area contributed by atoms with Gasteiger partial charge in [0, 0.05) is 5.33 Å². The van der Waals surface area contributed by atoms with Crippen LogP contribution in [0, 0.1) is 0 Å². The largest absolute Gasteiger partial charge is 0.488 e. The molecule has 7 nitrogen and oxygen atoms in total. The highest BCUT2D eigenvalue weighted by molar-refractivity contribution is 9.08. The third-order valence-electron chi connectivity index (χ3n) is 5.27. The number of hydrogen-bond donors (Lipinski definition) is 3. The number of amides is 2. The van der Waals surface area contributed by atoms with Crippen molar-refractivity contribution in [3.63, 3.8) is 0 Å². The van der Waals surface area contributed by atoms with E-state index in [4.69, 9.17) is 4.74 Å². The van der Waals surface area contributed by atoms with E-state index in [0.29, 0.717) is 18.6 Å². The number of imide groups is 1. The normalized spacial score (nSPS) is 24.0. The SMILES string of the molecule is O=C1c2cccc(OCc3ccc(CBr)cc3)c2C(=O)N1C1CCC(O)NC1O. The van der Waals surface area contributed by atoms with Crippen LogP contribution in [-0.2, 0) is 11.9 Å². The van der Waals surface area contributed by atoms with Gasteiger partial charge in [-0.25, -0.2) is 0 Å². The first kappa shape index (κ1) is 20.0. The number of aliphatic hydroxyl groups is 2. The van der Waals surface area contributed by atoms with Crippen LogP contribution in [0.5, 0.6) is 5.75 Å². The first-order valence-corrected chi connectivity index (χ1v) is 10.5. The first-order chi connectivity index (χ1) is 14.0. The average Bonchev–Trinajstić information content (AvgIpc) is 2.98. The van der Waals surface area contributed by atoms with Crippen molar-refractivity contribution in [3.05, 3.63) is 64.7 Å². The van der Waals surface area contributed by atoms with Crippen LogP contribution in [0.2, 0.25) is 0 Å². The molecule has 1 saturated heterocycles. The summed E-state index contributed by atoms with van der Waals surface area (Å²) in [6.45, 7) is 0.264. The Kier molecular flexibility index (Phi) is 5.69. The maximum atomic E-state index is 13.1. The molecule has 4 rings (SSSR count). The molecular weight excluding hydrogens is 440 g/mol. The molecule has 2 aromatic carbocycles. The topological polar surface area (TPSA) is 99.1 Å². The van der Waals surface area contributed by atoms with Crippen molar-refractivity contribution in [3.8, 4) is 5.75 Å². The van der Waals surface area contributed by atoms with Crippen molar-refractivity contribution in [2.45, 2.75) is 43.3 Å². The predicted molar refractivity (Wildman–Crippen MR) is 109 cm³/mol. The molecular formula is C21H21BrN2O5. The smallest absolute Gasteiger partial charge is 0.265 e. The standard InChI is InChI=1S/C21H21BrN2O5/c22-10-12-4-6-13(7-5-12)11-29-16-3-1-2-14-18(16)21(28)24(20(14)27)15-8-9-17(25)23-19(15)26/h1-7,15,17,19,23,25-26H,8-11H2. The van der Waals surface area contributed by atoms with E-state index in [1.807, 2.05) is 24.3 Å². The molecule has 2 amide bonds. The molecule has 3 atom stereocenters. The van der Waals surface area contributed by atoms with Gasteiger partial charge in [-0.05, 0) is 36.1 Å². The van der Waals surface area contributed by atoms with Crippen molar-refractivity contribution >= 4 is 27.7 Å². The molecule has 29 heavy (non-hydrogen) atoms. The van der Waals surface area contributed by atoms with Crippen LogP contribution in [0.1, 0.15) is 44.7 Å². The van der Waals surface area contributed by atoms with Gasteiger partial charge in [-0.15, -0.1) is 0 Å². The van der Waals surface area contributed by atoms with Crippen molar-refractivity contribution < 1.29 is 24.5 Å². The predicted octanol–water partition coefficient (Wildman–Crippen LogP) is 2.15. The molecule has 2 aliphatic heterocycles. The van der Waals surface area contributed by atoms with Crippen LogP contribution in [0.4, 0.5) is 0 Å². The number of nitrogens with zero attached hydrogens (tertiary/aromatic N) is 1. The molecule has 2 aliphatic rings. The fraction of sp³-hybridized carbons (Fsp3) is 0.333. The zero-order chi connectivity index (χ0) is 20.5. The van der Waals surface area contributed by atoms with Gasteiger partial charge < -0.3 is 14.9 Å². The quantitative estimate of drug-likeness (QED) is 0.466. The number of carbonyl (C=O) groups excluding carboxylic acids is 2. The Bertz CT molecular complexity index is 933. The lowest BCUT2D eigenvalue weighted by atomic mass is 10.0. The molecule has 1 fully saturated rings. The first-order valence-electron chi connectivity index (χ1n) is 9.39. The summed E-state index contributed by atoms with van der Waals surface area (Å²) in [6, 6.07) is 12.1. The summed E-state index contributed by atoms with van der Waals surface area (Å²) in [4.78, 5) is 27.0. The number of hydrogen-bond acceptors (Lipinski definition) is 6. The van der Waals surface area contributed by atoms with Gasteiger partial charge in [0.2, 0.25) is 0 Å². The summed E-state index contributed by atoms with van der Waals surface area (Å²) in [5.74, 6) is -0.608. The van der Waals surface area contributed by atoms with Crippen molar-refractivity contribution in [2.75, 3.05) is 0 Å². The minimum atomic E-state index is -1.18. The summed E-state index contributed by atoms with van der Waals surface area (Å²) in [5, 5.41) is 23.2. The summed E-state index contributed by atoms with van der Waals surface area (Å²) in [5.41, 5.74) is 2.57. The van der Waals surface area contributed by atoms with Crippen LogP contribution >= 0.6 is 15.9 Å². The van der Waals surface area contributed by atoms with Gasteiger partial charge in [0.1, 0.15) is 24.8 Å². The van der Waals surface area contributed by atoms with E-state index in [-0.39, 0.29) is 17.7 Å². The highest BCUT2D eigenvalue weighted by Crippen LogP contribution is 2.34. The number of fused-ring (bicyclic) bond motifs is 1. The number of aliphatic hydroxyl groups excluding tert-OH is 2. The van der Waals surface area contributed by atoms with Crippen molar-refractivity contribution in [2.24, 2.45) is 0 Å². The van der Waals surface area contributed by atoms with Crippen LogP contribution in [0.3, 0.4) is 0 Å². The van der Waals surface area contributed by atoms with E-state index >= 15 is 0 Å². The molecule has 2 aromatic rings. The molecule has 0 spiro atoms. The minimum Gasteiger partial charge on any atom is -0.488 e. The molecule has 8 heteroatoms. The van der Waals surface area contributed by atoms with Crippen molar-refractivity contribution in [1.82, 2.24) is 10.2 Å². The van der Waals surface area contributed by atoms with E-state index in [1.54, 1.807) is 18.2 Å². The van der Waals surface area contributed by atoms with Crippen LogP contribution in [0.25, 0.3) is 0 Å². The van der Waals surface area contributed by atoms with Gasteiger partial charge in [-0.3, -0.25) is 19.8 Å². The summed E-state index contributed by atoms with van der Waals surface area (Å²) >= 11 is 3.41. The molecule has 0 bridgehead atoms. The Morgan fingerprint density at radius 2 is 1.76 bits per heavy atom. The zero-order valence-corrected chi connectivity index (χ0v) is 17.1. The summed E-state index contributed by atoms with van der Waals surface area (Å²) in [7, 11) is 0. The fourth-order valence-corrected chi connectivity index (χ4v) is 4.10. The van der Waals surface area contributed by atoms with Gasteiger partial charge in [0.15, 0.2) is 0 Å². The second-order valence-electron chi connectivity index (χ2n) is 7.17. The number of carbonyl (C=O) groups is 2. The van der Waals surface area contributed by atoms with E-state index in [0.717, 1.165) is 21.4 Å². The van der Waals surface area contributed by atoms with E-state index in [2.05, 4.69) is 21.2 Å². The number of ether oxygens (including phenoxy) is 1. The molecule has 3 N–H and O–H groups in total. The molecule has 0 radical (unpaired) electrons. The Balaban J connectivity index is 1.55. The number of piperidine rings is 1. The average molecular weight is 461 g/mol. The fourth-order valence-electron chi connectivity index (χ4n) is 3.73. The number of rotatable bonds is 5. The van der Waals surface area contributed by atoms with Crippen LogP contribution < -0.4 is 10.1 Å². The molecule has 0 saturated carbocycles. The zero-order valence-electron chi connectivity index (χ0n) is 15.5. The van der Waals surface area contributed by atoms with Gasteiger partial charge in [-0.2, -0.15) is 0 Å². The van der Waals surface area contributed by atoms with E-state index in [1.165, 1.54) is 0 Å². The number of benzene rings is 2. The second kappa shape index (κ2) is 8.23. The maximum absolute atomic E-state index is 13.1. The third-order valence-corrected chi connectivity index (χ3v) is 5.92. The maximum Gasteiger partial charge on any atom is 0.265 e. The number of nitrogens with one attached hydrogen (secondary N) is 1. The minimum absolute atomic E-state index is 0.216. The molecule has 0 aromatic heterocycles. The molecule has 152 valence electrons. The van der Waals surface area contributed by atoms with E-state index < -0.39 is 30.3 Å². The van der Waals surface area contributed by atoms with Crippen LogP contribution in [0.15, 0.2) is 42.5 Å². The number of alkyl halides is 1. The van der Waals surface area contributed by atoms with Crippen LogP contribution in [-0.4, -0.2) is 45.4 Å². The van der Waals surface area contributed by atoms with Crippen molar-refractivity contribution in [1.29, 1.82) is 0 Å². The summed E-state index contributed by atoms with van der Waals surface area (Å²) < 4.78 is 5.88. The van der Waals surface area contributed by atoms with Gasteiger partial charge >= 0.3 is 0 Å². The lowest BCUT2D eigenvalue weighted by molar-refractivity contribution is -0.0413. The lowest BCUT2D eigenvalue weighted by Gasteiger charge is -2.36.